The molecule has 0 radical (unpaired) electrons. The highest BCUT2D eigenvalue weighted by Gasteiger charge is 2.22. The molecule has 0 fully saturated rings. The lowest BCUT2D eigenvalue weighted by molar-refractivity contribution is -0.113. The molecular formula is C30H27Cl2N5O3S2. The number of amides is 1. The highest BCUT2D eigenvalue weighted by Crippen LogP contribution is 2.36. The molecule has 216 valence electrons. The molecule has 0 bridgehead atoms. The van der Waals surface area contributed by atoms with Crippen molar-refractivity contribution < 1.29 is 14.3 Å². The highest BCUT2D eigenvalue weighted by molar-refractivity contribution is 7.99. The molecule has 1 amide bonds. The third-order valence-corrected chi connectivity index (χ3v) is 8.60. The van der Waals surface area contributed by atoms with E-state index in [1.54, 1.807) is 26.4 Å². The molecule has 0 aliphatic carbocycles. The SMILES string of the molecule is COc1ccc(-c2csc(NC(=O)CSc3nnc(-c4ccc(Cl)cc4Cl)n3-c3ccccc3C(C)C)n2)cc1OC. The fourth-order valence-electron chi connectivity index (χ4n) is 4.35. The van der Waals surface area contributed by atoms with Gasteiger partial charge in [0.05, 0.1) is 36.4 Å². The van der Waals surface area contributed by atoms with Crippen molar-refractivity contribution in [1.82, 2.24) is 19.7 Å². The van der Waals surface area contributed by atoms with Crippen LogP contribution in [-0.4, -0.2) is 45.6 Å². The van der Waals surface area contributed by atoms with Crippen LogP contribution in [0.15, 0.2) is 71.2 Å². The monoisotopic (exact) mass is 639 g/mol. The van der Waals surface area contributed by atoms with Gasteiger partial charge in [0.15, 0.2) is 27.6 Å². The summed E-state index contributed by atoms with van der Waals surface area (Å²) in [5, 5.41) is 15.8. The number of ether oxygens (including phenoxy) is 2. The van der Waals surface area contributed by atoms with Crippen molar-refractivity contribution in [1.29, 1.82) is 0 Å². The van der Waals surface area contributed by atoms with Gasteiger partial charge in [-0.05, 0) is 53.9 Å². The number of halogens is 2. The second-order valence-electron chi connectivity index (χ2n) is 9.42. The van der Waals surface area contributed by atoms with E-state index in [4.69, 9.17) is 32.7 Å². The standard InChI is InChI=1S/C30H27Cl2N5O3S2/c1-17(2)20-7-5-6-8-24(20)37-28(21-11-10-19(31)14-22(21)32)35-36-30(37)42-16-27(38)34-29-33-23(15-41-29)18-9-12-25(39-3)26(13-18)40-4/h5-15,17H,16H2,1-4H3,(H,33,34,38). The van der Waals surface area contributed by atoms with Crippen LogP contribution in [0, 0.1) is 0 Å². The first-order valence-corrected chi connectivity index (χ1v) is 15.5. The fraction of sp³-hybridized carbons (Fsp3) is 0.200. The van der Waals surface area contributed by atoms with Gasteiger partial charge in [-0.25, -0.2) is 4.98 Å². The maximum absolute atomic E-state index is 13.0. The molecule has 42 heavy (non-hydrogen) atoms. The number of thiazole rings is 1. The minimum Gasteiger partial charge on any atom is -0.493 e. The molecule has 0 aliphatic heterocycles. The first-order valence-electron chi connectivity index (χ1n) is 12.9. The summed E-state index contributed by atoms with van der Waals surface area (Å²) in [5.41, 5.74) is 4.29. The van der Waals surface area contributed by atoms with Crippen molar-refractivity contribution in [2.24, 2.45) is 0 Å². The minimum absolute atomic E-state index is 0.0988. The zero-order chi connectivity index (χ0) is 29.8. The molecule has 2 heterocycles. The maximum Gasteiger partial charge on any atom is 0.236 e. The molecule has 5 rings (SSSR count). The third-order valence-electron chi connectivity index (χ3n) is 6.37. The molecule has 8 nitrogen and oxygen atoms in total. The van der Waals surface area contributed by atoms with Crippen molar-refractivity contribution in [3.63, 3.8) is 0 Å². The minimum atomic E-state index is -0.217. The van der Waals surface area contributed by atoms with E-state index in [1.807, 2.05) is 52.4 Å². The van der Waals surface area contributed by atoms with Crippen LogP contribution in [0.4, 0.5) is 5.13 Å². The summed E-state index contributed by atoms with van der Waals surface area (Å²) in [5.74, 6) is 1.92. The van der Waals surface area contributed by atoms with E-state index < -0.39 is 0 Å². The molecule has 0 saturated heterocycles. The van der Waals surface area contributed by atoms with Crippen molar-refractivity contribution in [2.75, 3.05) is 25.3 Å². The molecule has 5 aromatic rings. The van der Waals surface area contributed by atoms with Crippen LogP contribution < -0.4 is 14.8 Å². The molecule has 1 N–H and O–H groups in total. The Kier molecular flexibility index (Phi) is 9.37. The quantitative estimate of drug-likeness (QED) is 0.154. The summed E-state index contributed by atoms with van der Waals surface area (Å²) in [4.78, 5) is 17.6. The van der Waals surface area contributed by atoms with Crippen molar-refractivity contribution >= 4 is 57.3 Å². The average molecular weight is 641 g/mol. The first-order chi connectivity index (χ1) is 20.3. The predicted molar refractivity (Wildman–Crippen MR) is 171 cm³/mol. The molecule has 0 aliphatic rings. The Hall–Kier alpha value is -3.57. The number of thioether (sulfide) groups is 1. The number of carbonyl (C=O) groups is 1. The molecule has 0 atom stereocenters. The smallest absolute Gasteiger partial charge is 0.236 e. The zero-order valence-corrected chi connectivity index (χ0v) is 26.4. The van der Waals surface area contributed by atoms with Crippen LogP contribution in [0.3, 0.4) is 0 Å². The van der Waals surface area contributed by atoms with Gasteiger partial charge in [0.25, 0.3) is 0 Å². The van der Waals surface area contributed by atoms with Gasteiger partial charge in [-0.2, -0.15) is 0 Å². The Bertz CT molecular complexity index is 1740. The largest absolute Gasteiger partial charge is 0.493 e. The Labute approximate surface area is 262 Å². The summed E-state index contributed by atoms with van der Waals surface area (Å²) >= 11 is 15.4. The lowest BCUT2D eigenvalue weighted by atomic mass is 10.0. The number of hydrogen-bond acceptors (Lipinski definition) is 8. The van der Waals surface area contributed by atoms with Crippen LogP contribution in [0.5, 0.6) is 11.5 Å². The van der Waals surface area contributed by atoms with Gasteiger partial charge in [0.1, 0.15) is 0 Å². The van der Waals surface area contributed by atoms with E-state index >= 15 is 0 Å². The highest BCUT2D eigenvalue weighted by atomic mass is 35.5. The number of rotatable bonds is 10. The van der Waals surface area contributed by atoms with Gasteiger partial charge in [0.2, 0.25) is 5.91 Å². The molecule has 0 unspecified atom stereocenters. The number of nitrogens with one attached hydrogen (secondary N) is 1. The summed E-state index contributed by atoms with van der Waals surface area (Å²) in [6.07, 6.45) is 0. The Morgan fingerprint density at radius 3 is 2.55 bits per heavy atom. The van der Waals surface area contributed by atoms with E-state index in [1.165, 1.54) is 23.1 Å². The number of methoxy groups -OCH3 is 2. The predicted octanol–water partition coefficient (Wildman–Crippen LogP) is 8.24. The van der Waals surface area contributed by atoms with Gasteiger partial charge in [-0.3, -0.25) is 9.36 Å². The second-order valence-corrected chi connectivity index (χ2v) is 12.1. The zero-order valence-electron chi connectivity index (χ0n) is 23.2. The van der Waals surface area contributed by atoms with Gasteiger partial charge in [-0.1, -0.05) is 67.0 Å². The molecule has 0 saturated carbocycles. The average Bonchev–Trinajstić information content (AvgIpc) is 3.63. The molecule has 0 spiro atoms. The van der Waals surface area contributed by atoms with Gasteiger partial charge in [0, 0.05) is 21.5 Å². The third kappa shape index (κ3) is 6.42. The van der Waals surface area contributed by atoms with E-state index in [0.717, 1.165) is 22.5 Å². The topological polar surface area (TPSA) is 91.2 Å². The first kappa shape index (κ1) is 29.9. The summed E-state index contributed by atoms with van der Waals surface area (Å²) in [6, 6.07) is 18.9. The summed E-state index contributed by atoms with van der Waals surface area (Å²) < 4.78 is 12.7. The fourth-order valence-corrected chi connectivity index (χ4v) is 6.32. The number of para-hydroxylation sites is 1. The van der Waals surface area contributed by atoms with Gasteiger partial charge < -0.3 is 14.8 Å². The van der Waals surface area contributed by atoms with Crippen molar-refractivity contribution in [2.45, 2.75) is 24.9 Å². The number of aromatic nitrogens is 4. The Balaban J connectivity index is 1.38. The molecule has 2 aromatic heterocycles. The van der Waals surface area contributed by atoms with Crippen LogP contribution in [-0.2, 0) is 4.79 Å². The van der Waals surface area contributed by atoms with E-state index in [9.17, 15) is 4.79 Å². The molecular weight excluding hydrogens is 613 g/mol. The summed E-state index contributed by atoms with van der Waals surface area (Å²) in [6.45, 7) is 4.26. The number of hydrogen-bond donors (Lipinski definition) is 1. The number of carbonyl (C=O) groups excluding carboxylic acids is 1. The van der Waals surface area contributed by atoms with E-state index in [0.29, 0.717) is 43.2 Å². The Morgan fingerprint density at radius 2 is 1.81 bits per heavy atom. The lowest BCUT2D eigenvalue weighted by Crippen LogP contribution is -2.14. The van der Waals surface area contributed by atoms with Gasteiger partial charge >= 0.3 is 0 Å². The van der Waals surface area contributed by atoms with Crippen molar-refractivity contribution in [3.05, 3.63) is 81.7 Å². The van der Waals surface area contributed by atoms with Crippen molar-refractivity contribution in [3.8, 4) is 39.8 Å². The normalized spacial score (nSPS) is 11.1. The molecule has 3 aromatic carbocycles. The number of anilines is 1. The maximum atomic E-state index is 13.0. The summed E-state index contributed by atoms with van der Waals surface area (Å²) in [7, 11) is 3.17. The lowest BCUT2D eigenvalue weighted by Gasteiger charge is -2.17. The van der Waals surface area contributed by atoms with Crippen LogP contribution >= 0.6 is 46.3 Å². The number of nitrogens with zero attached hydrogens (tertiary/aromatic N) is 4. The van der Waals surface area contributed by atoms with Gasteiger partial charge in [-0.15, -0.1) is 21.5 Å². The van der Waals surface area contributed by atoms with Crippen LogP contribution in [0.1, 0.15) is 25.3 Å². The molecule has 12 heteroatoms. The Morgan fingerprint density at radius 1 is 1.02 bits per heavy atom. The van der Waals surface area contributed by atoms with E-state index in [2.05, 4.69) is 40.4 Å². The second kappa shape index (κ2) is 13.2. The van der Waals surface area contributed by atoms with E-state index in [-0.39, 0.29) is 17.6 Å². The van der Waals surface area contributed by atoms with Crippen LogP contribution in [0.25, 0.3) is 28.3 Å². The van der Waals surface area contributed by atoms with Crippen LogP contribution in [0.2, 0.25) is 10.0 Å². The number of benzene rings is 3.